The lowest BCUT2D eigenvalue weighted by molar-refractivity contribution is -0.161. The van der Waals surface area contributed by atoms with E-state index in [-0.39, 0.29) is 35.7 Å². The van der Waals surface area contributed by atoms with Gasteiger partial charge in [0.05, 0.1) is 28.3 Å². The maximum atomic E-state index is 14.9. The first-order valence-electron chi connectivity index (χ1n) is 12.3. The maximum absolute atomic E-state index is 14.9. The number of urea groups is 1. The molecule has 3 aromatic rings. The lowest BCUT2D eigenvalue weighted by Gasteiger charge is -2.32. The van der Waals surface area contributed by atoms with Gasteiger partial charge in [0.15, 0.2) is 0 Å². The monoisotopic (exact) mass is 548 g/mol. The van der Waals surface area contributed by atoms with Crippen molar-refractivity contribution in [1.29, 1.82) is 0 Å². The van der Waals surface area contributed by atoms with Gasteiger partial charge in [-0.05, 0) is 82.4 Å². The molecule has 2 heterocycles. The van der Waals surface area contributed by atoms with E-state index in [1.807, 2.05) is 27.7 Å². The number of amides is 2. The third-order valence-corrected chi connectivity index (χ3v) is 7.57. The lowest BCUT2D eigenvalue weighted by Crippen LogP contribution is -2.41. The van der Waals surface area contributed by atoms with Gasteiger partial charge in [-0.15, -0.1) is 0 Å². The molecule has 1 saturated carbocycles. The highest BCUT2D eigenvalue weighted by molar-refractivity contribution is 6.62. The highest BCUT2D eigenvalue weighted by atomic mass is 19.4. The van der Waals surface area contributed by atoms with Crippen molar-refractivity contribution in [2.75, 3.05) is 10.6 Å². The van der Waals surface area contributed by atoms with Gasteiger partial charge in [0.2, 0.25) is 0 Å². The molecule has 1 aromatic heterocycles. The van der Waals surface area contributed by atoms with Crippen molar-refractivity contribution in [1.82, 2.24) is 9.78 Å². The van der Waals surface area contributed by atoms with E-state index in [1.165, 1.54) is 24.3 Å². The van der Waals surface area contributed by atoms with Crippen molar-refractivity contribution in [2.24, 2.45) is 0 Å². The van der Waals surface area contributed by atoms with E-state index in [9.17, 15) is 26.7 Å². The van der Waals surface area contributed by atoms with E-state index < -0.39 is 47.6 Å². The Morgan fingerprint density at radius 1 is 0.949 bits per heavy atom. The van der Waals surface area contributed by atoms with E-state index in [0.29, 0.717) is 5.46 Å². The third-order valence-electron chi connectivity index (χ3n) is 7.57. The molecule has 0 bridgehead atoms. The molecule has 2 amide bonds. The van der Waals surface area contributed by atoms with E-state index >= 15 is 0 Å². The molecule has 0 spiro atoms. The first-order chi connectivity index (χ1) is 18.1. The lowest BCUT2D eigenvalue weighted by atomic mass is 9.79. The van der Waals surface area contributed by atoms with Gasteiger partial charge < -0.3 is 14.6 Å². The number of carbonyl (C=O) groups excluding carboxylic acids is 1. The van der Waals surface area contributed by atoms with Crippen LogP contribution in [-0.2, 0) is 14.7 Å². The summed E-state index contributed by atoms with van der Waals surface area (Å²) in [5.74, 6) is -1.41. The molecule has 39 heavy (non-hydrogen) atoms. The van der Waals surface area contributed by atoms with Crippen molar-refractivity contribution in [3.8, 4) is 5.69 Å². The second-order valence-electron chi connectivity index (χ2n) is 10.8. The molecule has 1 aliphatic heterocycles. The molecule has 2 N–H and O–H groups in total. The molecule has 2 aliphatic rings. The molecule has 1 saturated heterocycles. The summed E-state index contributed by atoms with van der Waals surface area (Å²) in [5.41, 5.74) is -3.15. The summed E-state index contributed by atoms with van der Waals surface area (Å²) in [7, 11) is -0.806. The molecule has 5 rings (SSSR count). The Hall–Kier alpha value is -3.45. The highest BCUT2D eigenvalue weighted by Gasteiger charge is 2.66. The number of hydrogen-bond donors (Lipinski definition) is 2. The first-order valence-corrected chi connectivity index (χ1v) is 12.3. The molecular weight excluding hydrogens is 522 g/mol. The Kier molecular flexibility index (Phi) is 6.30. The van der Waals surface area contributed by atoms with Crippen LogP contribution in [0.1, 0.15) is 46.2 Å². The second kappa shape index (κ2) is 9.05. The van der Waals surface area contributed by atoms with Crippen LogP contribution in [0, 0.1) is 11.6 Å². The van der Waals surface area contributed by atoms with Crippen molar-refractivity contribution < 1.29 is 36.1 Å². The molecule has 13 heteroatoms. The van der Waals surface area contributed by atoms with Crippen LogP contribution in [0.5, 0.6) is 0 Å². The van der Waals surface area contributed by atoms with E-state index in [2.05, 4.69) is 15.7 Å². The number of nitrogens with one attached hydrogen (secondary N) is 2. The predicted octanol–water partition coefficient (Wildman–Crippen LogP) is 5.69. The van der Waals surface area contributed by atoms with Crippen LogP contribution >= 0.6 is 0 Å². The number of carbonyl (C=O) groups is 1. The summed E-state index contributed by atoms with van der Waals surface area (Å²) in [6.45, 7) is 7.47. The zero-order valence-corrected chi connectivity index (χ0v) is 21.6. The normalized spacial score (nSPS) is 19.2. The SMILES string of the molecule is CC1(C)OB(c2ccc(NC(=O)Nc3cc(C4(C(F)(F)F)CC4)nn3-c3ccc(F)cc3)c(F)c2)OC1(C)C. The van der Waals surface area contributed by atoms with Crippen molar-refractivity contribution >= 4 is 30.1 Å². The molecular formula is C26H26BF5N4O3. The quantitative estimate of drug-likeness (QED) is 0.318. The van der Waals surface area contributed by atoms with Crippen molar-refractivity contribution in [2.45, 2.75) is 63.3 Å². The van der Waals surface area contributed by atoms with Gasteiger partial charge >= 0.3 is 19.3 Å². The minimum absolute atomic E-state index is 0.0983. The first kappa shape index (κ1) is 27.1. The average molecular weight is 548 g/mol. The standard InChI is InChI=1S/C26H26BF5N4O3/c1-23(2)24(3,4)39-27(38-23)15-5-10-19(18(29)13-15)33-22(37)34-21-14-20(25(11-12-25)26(30,31)32)35-36(21)17-8-6-16(28)7-9-17/h5-10,13-14H,11-12H2,1-4H3,(H2,33,34,37). The topological polar surface area (TPSA) is 77.4 Å². The van der Waals surface area contributed by atoms with Crippen LogP contribution in [-0.4, -0.2) is 40.3 Å². The number of nitrogens with zero attached hydrogens (tertiary/aromatic N) is 2. The third kappa shape index (κ3) is 4.89. The summed E-state index contributed by atoms with van der Waals surface area (Å²) >= 11 is 0. The minimum Gasteiger partial charge on any atom is -0.399 e. The number of rotatable bonds is 5. The Balaban J connectivity index is 1.37. The van der Waals surface area contributed by atoms with Crippen LogP contribution in [0.15, 0.2) is 48.5 Å². The zero-order valence-electron chi connectivity index (χ0n) is 21.6. The van der Waals surface area contributed by atoms with Crippen LogP contribution < -0.4 is 16.1 Å². The van der Waals surface area contributed by atoms with Crippen LogP contribution in [0.4, 0.5) is 38.3 Å². The molecule has 2 aromatic carbocycles. The molecule has 206 valence electrons. The van der Waals surface area contributed by atoms with Gasteiger partial charge in [0.25, 0.3) is 0 Å². The number of aromatic nitrogens is 2. The fraction of sp³-hybridized carbons (Fsp3) is 0.385. The minimum atomic E-state index is -4.53. The molecule has 0 atom stereocenters. The summed E-state index contributed by atoms with van der Waals surface area (Å²) in [4.78, 5) is 12.8. The molecule has 0 unspecified atom stereocenters. The molecule has 2 fully saturated rings. The van der Waals surface area contributed by atoms with Gasteiger partial charge in [-0.1, -0.05) is 6.07 Å². The van der Waals surface area contributed by atoms with Gasteiger partial charge in [0, 0.05) is 6.07 Å². The van der Waals surface area contributed by atoms with E-state index in [1.54, 1.807) is 6.07 Å². The van der Waals surface area contributed by atoms with Gasteiger partial charge in [-0.3, -0.25) is 5.32 Å². The molecule has 1 aliphatic carbocycles. The molecule has 0 radical (unpaired) electrons. The largest absolute Gasteiger partial charge is 0.494 e. The highest BCUT2D eigenvalue weighted by Crippen LogP contribution is 2.58. The van der Waals surface area contributed by atoms with Crippen LogP contribution in [0.3, 0.4) is 0 Å². The van der Waals surface area contributed by atoms with E-state index in [0.717, 1.165) is 22.9 Å². The Morgan fingerprint density at radius 2 is 1.56 bits per heavy atom. The van der Waals surface area contributed by atoms with Gasteiger partial charge in [0.1, 0.15) is 22.9 Å². The van der Waals surface area contributed by atoms with Crippen LogP contribution in [0.25, 0.3) is 5.69 Å². The average Bonchev–Trinajstić information content (AvgIpc) is 3.51. The Bertz CT molecular complexity index is 1400. The summed E-state index contributed by atoms with van der Waals surface area (Å²) in [5, 5.41) is 8.89. The van der Waals surface area contributed by atoms with Crippen molar-refractivity contribution in [3.63, 3.8) is 0 Å². The smallest absolute Gasteiger partial charge is 0.399 e. The molecule has 7 nitrogen and oxygen atoms in total. The van der Waals surface area contributed by atoms with Gasteiger partial charge in [-0.25, -0.2) is 18.3 Å². The number of anilines is 2. The van der Waals surface area contributed by atoms with E-state index in [4.69, 9.17) is 9.31 Å². The maximum Gasteiger partial charge on any atom is 0.494 e. The fourth-order valence-electron chi connectivity index (χ4n) is 4.32. The predicted molar refractivity (Wildman–Crippen MR) is 135 cm³/mol. The number of alkyl halides is 3. The van der Waals surface area contributed by atoms with Crippen LogP contribution in [0.2, 0.25) is 0 Å². The second-order valence-corrected chi connectivity index (χ2v) is 10.8. The summed E-state index contributed by atoms with van der Waals surface area (Å²) < 4.78 is 82.5. The van der Waals surface area contributed by atoms with Crippen molar-refractivity contribution in [3.05, 3.63) is 65.9 Å². The van der Waals surface area contributed by atoms with Gasteiger partial charge in [-0.2, -0.15) is 18.3 Å². The Labute approximate surface area is 221 Å². The Morgan fingerprint density at radius 3 is 2.10 bits per heavy atom. The number of halogens is 5. The fourth-order valence-corrected chi connectivity index (χ4v) is 4.32. The number of hydrogen-bond acceptors (Lipinski definition) is 4. The zero-order chi connectivity index (χ0) is 28.4. The number of benzene rings is 2. The summed E-state index contributed by atoms with van der Waals surface area (Å²) in [6.07, 6.45) is -4.80. The summed E-state index contributed by atoms with van der Waals surface area (Å²) in [6, 6.07) is 9.14.